The zero-order valence-electron chi connectivity index (χ0n) is 10.5. The molecule has 100 valence electrons. The number of para-hydroxylation sites is 1. The summed E-state index contributed by atoms with van der Waals surface area (Å²) in [6.07, 6.45) is 0. The van der Waals surface area contributed by atoms with Gasteiger partial charge in [-0.15, -0.1) is 0 Å². The predicted octanol–water partition coefficient (Wildman–Crippen LogP) is 2.30. The molecule has 0 aliphatic rings. The topological polar surface area (TPSA) is 68.5 Å². The molecule has 0 saturated heterocycles. The summed E-state index contributed by atoms with van der Waals surface area (Å²) >= 11 is 6.00. The highest BCUT2D eigenvalue weighted by Gasteiger charge is 2.19. The Morgan fingerprint density at radius 1 is 1.42 bits per heavy atom. The Hall–Kier alpha value is -2.01. The van der Waals surface area contributed by atoms with Crippen LogP contribution in [0.5, 0.6) is 0 Å². The van der Waals surface area contributed by atoms with Crippen LogP contribution in [-0.2, 0) is 9.53 Å². The van der Waals surface area contributed by atoms with E-state index in [1.807, 2.05) is 6.07 Å². The molecule has 6 heteroatoms. The molecule has 0 bridgehead atoms. The van der Waals surface area contributed by atoms with Crippen LogP contribution in [0.4, 0.5) is 0 Å². The van der Waals surface area contributed by atoms with E-state index >= 15 is 0 Å². The van der Waals surface area contributed by atoms with E-state index in [1.54, 1.807) is 19.1 Å². The Kier molecular flexibility index (Phi) is 3.76. The second-order valence-corrected chi connectivity index (χ2v) is 4.34. The van der Waals surface area contributed by atoms with Crippen LogP contribution in [0, 0.1) is 6.92 Å². The first-order chi connectivity index (χ1) is 9.04. The van der Waals surface area contributed by atoms with E-state index in [2.05, 4.69) is 10.1 Å². The third-order valence-electron chi connectivity index (χ3n) is 2.74. The second-order valence-electron chi connectivity index (χ2n) is 3.93. The molecule has 2 aromatic rings. The lowest BCUT2D eigenvalue weighted by molar-refractivity contribution is -0.139. The maximum absolute atomic E-state index is 11.9. The third kappa shape index (κ3) is 2.56. The smallest absolute Gasteiger partial charge is 0.325 e. The summed E-state index contributed by atoms with van der Waals surface area (Å²) < 4.78 is 9.90. The average Bonchev–Trinajstić information content (AvgIpc) is 2.75. The Labute approximate surface area is 114 Å². The maximum Gasteiger partial charge on any atom is 0.325 e. The van der Waals surface area contributed by atoms with Crippen LogP contribution in [0.2, 0.25) is 5.02 Å². The Morgan fingerprint density at radius 3 is 2.79 bits per heavy atom. The second kappa shape index (κ2) is 5.32. The molecule has 1 N–H and O–H groups in total. The molecule has 2 rings (SSSR count). The molecule has 0 spiro atoms. The van der Waals surface area contributed by atoms with Gasteiger partial charge in [0.05, 0.1) is 12.1 Å². The first-order valence-corrected chi connectivity index (χ1v) is 5.95. The van der Waals surface area contributed by atoms with Crippen molar-refractivity contribution in [1.29, 1.82) is 0 Å². The number of methoxy groups -OCH3 is 1. The molecular formula is C13H12ClNO4. The van der Waals surface area contributed by atoms with Gasteiger partial charge in [0.15, 0.2) is 11.3 Å². The van der Waals surface area contributed by atoms with Gasteiger partial charge in [0.25, 0.3) is 5.91 Å². The minimum absolute atomic E-state index is 0.145. The van der Waals surface area contributed by atoms with Crippen molar-refractivity contribution in [3.63, 3.8) is 0 Å². The monoisotopic (exact) mass is 281 g/mol. The molecule has 19 heavy (non-hydrogen) atoms. The maximum atomic E-state index is 11.9. The molecule has 0 unspecified atom stereocenters. The largest absolute Gasteiger partial charge is 0.468 e. The predicted molar refractivity (Wildman–Crippen MR) is 70.3 cm³/mol. The quantitative estimate of drug-likeness (QED) is 0.877. The van der Waals surface area contributed by atoms with E-state index in [4.69, 9.17) is 16.0 Å². The summed E-state index contributed by atoms with van der Waals surface area (Å²) in [6, 6.07) is 5.28. The number of esters is 1. The van der Waals surface area contributed by atoms with Crippen molar-refractivity contribution < 1.29 is 18.7 Å². The molecule has 5 nitrogen and oxygen atoms in total. The number of furan rings is 1. The number of aryl methyl sites for hydroxylation is 1. The van der Waals surface area contributed by atoms with Gasteiger partial charge >= 0.3 is 5.97 Å². The minimum atomic E-state index is -0.528. The Morgan fingerprint density at radius 2 is 2.16 bits per heavy atom. The zero-order valence-corrected chi connectivity index (χ0v) is 11.2. The van der Waals surface area contributed by atoms with Crippen molar-refractivity contribution in [1.82, 2.24) is 5.32 Å². The number of carbonyl (C=O) groups excluding carboxylic acids is 2. The fourth-order valence-corrected chi connectivity index (χ4v) is 1.94. The van der Waals surface area contributed by atoms with Crippen LogP contribution < -0.4 is 5.32 Å². The highest BCUT2D eigenvalue weighted by molar-refractivity contribution is 6.35. The van der Waals surface area contributed by atoms with Crippen molar-refractivity contribution in [3.8, 4) is 0 Å². The summed E-state index contributed by atoms with van der Waals surface area (Å²) in [5.41, 5.74) is 1.14. The number of nitrogens with one attached hydrogen (secondary N) is 1. The van der Waals surface area contributed by atoms with Crippen LogP contribution in [0.15, 0.2) is 22.6 Å². The zero-order chi connectivity index (χ0) is 14.0. The highest BCUT2D eigenvalue weighted by atomic mass is 35.5. The summed E-state index contributed by atoms with van der Waals surface area (Å²) in [7, 11) is 1.25. The number of hydrogen-bond acceptors (Lipinski definition) is 4. The van der Waals surface area contributed by atoms with Gasteiger partial charge in [-0.3, -0.25) is 9.59 Å². The average molecular weight is 282 g/mol. The molecule has 1 aromatic carbocycles. The number of amides is 1. The number of hydrogen-bond donors (Lipinski definition) is 1. The van der Waals surface area contributed by atoms with Crippen LogP contribution in [0.25, 0.3) is 11.0 Å². The number of halogens is 1. The van der Waals surface area contributed by atoms with Crippen molar-refractivity contribution in [2.45, 2.75) is 6.92 Å². The molecular weight excluding hydrogens is 270 g/mol. The number of rotatable bonds is 3. The van der Waals surface area contributed by atoms with E-state index in [9.17, 15) is 9.59 Å². The van der Waals surface area contributed by atoms with Gasteiger partial charge in [-0.1, -0.05) is 23.7 Å². The normalized spacial score (nSPS) is 10.5. The van der Waals surface area contributed by atoms with Crippen LogP contribution >= 0.6 is 11.6 Å². The standard InChI is InChI=1S/C13H12ClNO4/c1-7-8-4-3-5-9(14)12(8)19-11(7)13(17)15-6-10(16)18-2/h3-5H,6H2,1-2H3,(H,15,17). The number of ether oxygens (including phenoxy) is 1. The Balaban J connectivity index is 2.30. The number of carbonyl (C=O) groups is 2. The van der Waals surface area contributed by atoms with Crippen LogP contribution in [-0.4, -0.2) is 25.5 Å². The van der Waals surface area contributed by atoms with Crippen LogP contribution in [0.3, 0.4) is 0 Å². The van der Waals surface area contributed by atoms with E-state index in [-0.39, 0.29) is 12.3 Å². The first kappa shape index (κ1) is 13.4. The van der Waals surface area contributed by atoms with Crippen LogP contribution in [0.1, 0.15) is 16.1 Å². The summed E-state index contributed by atoms with van der Waals surface area (Å²) in [4.78, 5) is 22.9. The van der Waals surface area contributed by atoms with E-state index < -0.39 is 11.9 Å². The third-order valence-corrected chi connectivity index (χ3v) is 3.04. The molecule has 1 heterocycles. The fourth-order valence-electron chi connectivity index (χ4n) is 1.73. The van der Waals surface area contributed by atoms with Gasteiger partial charge in [0.1, 0.15) is 6.54 Å². The fraction of sp³-hybridized carbons (Fsp3) is 0.231. The SMILES string of the molecule is COC(=O)CNC(=O)c1oc2c(Cl)cccc2c1C. The van der Waals surface area contributed by atoms with Crippen molar-refractivity contribution in [2.24, 2.45) is 0 Å². The number of fused-ring (bicyclic) bond motifs is 1. The molecule has 0 saturated carbocycles. The molecule has 0 aliphatic heterocycles. The highest BCUT2D eigenvalue weighted by Crippen LogP contribution is 2.30. The molecule has 0 atom stereocenters. The Bertz CT molecular complexity index is 647. The van der Waals surface area contributed by atoms with Gasteiger partial charge < -0.3 is 14.5 Å². The molecule has 0 aliphatic carbocycles. The van der Waals surface area contributed by atoms with Gasteiger partial charge in [-0.2, -0.15) is 0 Å². The lowest BCUT2D eigenvalue weighted by Gasteiger charge is -2.01. The summed E-state index contributed by atoms with van der Waals surface area (Å²) in [6.45, 7) is 1.55. The van der Waals surface area contributed by atoms with E-state index in [0.29, 0.717) is 16.2 Å². The molecule has 1 aromatic heterocycles. The minimum Gasteiger partial charge on any atom is -0.468 e. The van der Waals surface area contributed by atoms with Gasteiger partial charge in [-0.25, -0.2) is 0 Å². The lowest BCUT2D eigenvalue weighted by Crippen LogP contribution is -2.30. The van der Waals surface area contributed by atoms with Crippen molar-refractivity contribution in [3.05, 3.63) is 34.5 Å². The lowest BCUT2D eigenvalue weighted by atomic mass is 10.1. The molecule has 0 radical (unpaired) electrons. The first-order valence-electron chi connectivity index (χ1n) is 5.57. The van der Waals surface area contributed by atoms with Gasteiger partial charge in [0.2, 0.25) is 0 Å². The molecule has 1 amide bonds. The van der Waals surface area contributed by atoms with E-state index in [1.165, 1.54) is 7.11 Å². The van der Waals surface area contributed by atoms with Gasteiger partial charge in [0, 0.05) is 10.9 Å². The number of benzene rings is 1. The van der Waals surface area contributed by atoms with Crippen molar-refractivity contribution >= 4 is 34.4 Å². The van der Waals surface area contributed by atoms with Gasteiger partial charge in [-0.05, 0) is 13.0 Å². The van der Waals surface area contributed by atoms with E-state index in [0.717, 1.165) is 5.39 Å². The van der Waals surface area contributed by atoms with Crippen molar-refractivity contribution in [2.75, 3.05) is 13.7 Å². The summed E-state index contributed by atoms with van der Waals surface area (Å²) in [5, 5.41) is 3.63. The summed E-state index contributed by atoms with van der Waals surface area (Å²) in [5.74, 6) is -0.859. The molecule has 0 fully saturated rings.